The Labute approximate surface area is 113 Å². The van der Waals surface area contributed by atoms with Gasteiger partial charge < -0.3 is 16.0 Å². The van der Waals surface area contributed by atoms with Gasteiger partial charge in [-0.15, -0.1) is 0 Å². The lowest BCUT2D eigenvalue weighted by atomic mass is 10.1. The standard InChI is InChI=1S/C13H19N3OS/c1-9(7-12(14)18)15-13(17)10-5-4-6-11(8-10)16(2)3/h4-6,8-9H,7H2,1-3H3,(H2,14,18)(H,15,17). The molecule has 1 amide bonds. The monoisotopic (exact) mass is 265 g/mol. The molecule has 1 rings (SSSR count). The molecular formula is C13H19N3OS. The number of nitrogens with one attached hydrogen (secondary N) is 1. The van der Waals surface area contributed by atoms with E-state index in [2.05, 4.69) is 5.32 Å². The molecule has 1 aromatic rings. The van der Waals surface area contributed by atoms with Crippen LogP contribution in [0, 0.1) is 0 Å². The van der Waals surface area contributed by atoms with E-state index in [0.717, 1.165) is 5.69 Å². The van der Waals surface area contributed by atoms with E-state index in [9.17, 15) is 4.79 Å². The van der Waals surface area contributed by atoms with E-state index >= 15 is 0 Å². The van der Waals surface area contributed by atoms with E-state index in [-0.39, 0.29) is 11.9 Å². The summed E-state index contributed by atoms with van der Waals surface area (Å²) in [5, 5.41) is 2.87. The number of carbonyl (C=O) groups excluding carboxylic acids is 1. The molecule has 3 N–H and O–H groups in total. The molecule has 0 spiro atoms. The molecule has 0 aliphatic carbocycles. The van der Waals surface area contributed by atoms with Gasteiger partial charge in [-0.05, 0) is 25.1 Å². The van der Waals surface area contributed by atoms with Gasteiger partial charge in [-0.1, -0.05) is 18.3 Å². The van der Waals surface area contributed by atoms with Crippen molar-refractivity contribution >= 4 is 28.8 Å². The van der Waals surface area contributed by atoms with Gasteiger partial charge in [0.25, 0.3) is 5.91 Å². The van der Waals surface area contributed by atoms with Crippen molar-refractivity contribution in [3.8, 4) is 0 Å². The van der Waals surface area contributed by atoms with Crippen LogP contribution < -0.4 is 16.0 Å². The van der Waals surface area contributed by atoms with Crippen molar-refractivity contribution in [3.05, 3.63) is 29.8 Å². The number of rotatable bonds is 5. The van der Waals surface area contributed by atoms with Crippen molar-refractivity contribution in [1.82, 2.24) is 5.32 Å². The maximum absolute atomic E-state index is 12.0. The Kier molecular flexibility index (Phi) is 5.09. The minimum Gasteiger partial charge on any atom is -0.393 e. The molecule has 0 aliphatic heterocycles. The molecule has 0 bridgehead atoms. The van der Waals surface area contributed by atoms with E-state index in [1.165, 1.54) is 0 Å². The number of anilines is 1. The second-order valence-corrected chi connectivity index (χ2v) is 5.01. The highest BCUT2D eigenvalue weighted by Crippen LogP contribution is 2.13. The average Bonchev–Trinajstić information content (AvgIpc) is 2.27. The molecule has 1 aromatic carbocycles. The highest BCUT2D eigenvalue weighted by molar-refractivity contribution is 7.80. The number of thiocarbonyl (C=S) groups is 1. The number of hydrogen-bond donors (Lipinski definition) is 2. The van der Waals surface area contributed by atoms with Crippen LogP contribution in [0.4, 0.5) is 5.69 Å². The van der Waals surface area contributed by atoms with E-state index in [1.54, 1.807) is 6.07 Å². The van der Waals surface area contributed by atoms with Crippen molar-refractivity contribution < 1.29 is 4.79 Å². The Morgan fingerprint density at radius 2 is 2.17 bits per heavy atom. The Hall–Kier alpha value is -1.62. The number of amides is 1. The molecule has 18 heavy (non-hydrogen) atoms. The Morgan fingerprint density at radius 1 is 1.50 bits per heavy atom. The molecule has 5 heteroatoms. The first kappa shape index (κ1) is 14.4. The van der Waals surface area contributed by atoms with Gasteiger partial charge in [0, 0.05) is 37.8 Å². The summed E-state index contributed by atoms with van der Waals surface area (Å²) in [6.45, 7) is 1.88. The first-order valence-electron chi connectivity index (χ1n) is 5.76. The molecule has 0 fully saturated rings. The highest BCUT2D eigenvalue weighted by Gasteiger charge is 2.11. The van der Waals surface area contributed by atoms with Gasteiger partial charge in [-0.25, -0.2) is 0 Å². The zero-order valence-electron chi connectivity index (χ0n) is 10.9. The topological polar surface area (TPSA) is 58.4 Å². The van der Waals surface area contributed by atoms with Gasteiger partial charge in [-0.2, -0.15) is 0 Å². The maximum Gasteiger partial charge on any atom is 0.251 e. The SMILES string of the molecule is CC(CC(N)=S)NC(=O)c1cccc(N(C)C)c1. The molecule has 0 aromatic heterocycles. The minimum atomic E-state index is -0.109. The van der Waals surface area contributed by atoms with Crippen LogP contribution in [-0.2, 0) is 0 Å². The molecular weight excluding hydrogens is 246 g/mol. The lowest BCUT2D eigenvalue weighted by molar-refractivity contribution is 0.0941. The zero-order chi connectivity index (χ0) is 13.7. The summed E-state index contributed by atoms with van der Waals surface area (Å²) < 4.78 is 0. The summed E-state index contributed by atoms with van der Waals surface area (Å²) in [6.07, 6.45) is 0.508. The van der Waals surface area contributed by atoms with Gasteiger partial charge in [0.1, 0.15) is 0 Å². The number of carbonyl (C=O) groups is 1. The van der Waals surface area contributed by atoms with Gasteiger partial charge in [0.05, 0.1) is 4.99 Å². The fourth-order valence-electron chi connectivity index (χ4n) is 1.59. The third-order valence-electron chi connectivity index (χ3n) is 2.51. The normalized spacial score (nSPS) is 11.7. The third kappa shape index (κ3) is 4.33. The fourth-order valence-corrected chi connectivity index (χ4v) is 1.84. The lowest BCUT2D eigenvalue weighted by Gasteiger charge is -2.15. The van der Waals surface area contributed by atoms with Crippen molar-refractivity contribution in [2.75, 3.05) is 19.0 Å². The average molecular weight is 265 g/mol. The molecule has 1 unspecified atom stereocenters. The van der Waals surface area contributed by atoms with Crippen molar-refractivity contribution in [2.24, 2.45) is 5.73 Å². The van der Waals surface area contributed by atoms with Gasteiger partial charge in [-0.3, -0.25) is 4.79 Å². The van der Waals surface area contributed by atoms with Crippen molar-refractivity contribution in [1.29, 1.82) is 0 Å². The van der Waals surface area contributed by atoms with Crippen LogP contribution in [0.1, 0.15) is 23.7 Å². The first-order valence-corrected chi connectivity index (χ1v) is 6.17. The molecule has 1 atom stereocenters. The van der Waals surface area contributed by atoms with Gasteiger partial charge in [0.15, 0.2) is 0 Å². The summed E-state index contributed by atoms with van der Waals surface area (Å²) in [7, 11) is 3.87. The molecule has 98 valence electrons. The fraction of sp³-hybridized carbons (Fsp3) is 0.385. The van der Waals surface area contributed by atoms with Crippen molar-refractivity contribution in [2.45, 2.75) is 19.4 Å². The van der Waals surface area contributed by atoms with E-state index in [4.69, 9.17) is 18.0 Å². The largest absolute Gasteiger partial charge is 0.393 e. The summed E-state index contributed by atoms with van der Waals surface area (Å²) in [5.74, 6) is -0.109. The van der Waals surface area contributed by atoms with Crippen LogP contribution in [-0.4, -0.2) is 31.0 Å². The molecule has 0 saturated heterocycles. The number of nitrogens with zero attached hydrogens (tertiary/aromatic N) is 1. The summed E-state index contributed by atoms with van der Waals surface area (Å²) >= 11 is 4.82. The number of benzene rings is 1. The van der Waals surface area contributed by atoms with Crippen LogP contribution in [0.2, 0.25) is 0 Å². The van der Waals surface area contributed by atoms with E-state index < -0.39 is 0 Å². The van der Waals surface area contributed by atoms with E-state index in [0.29, 0.717) is 17.0 Å². The third-order valence-corrected chi connectivity index (χ3v) is 2.68. The predicted molar refractivity (Wildman–Crippen MR) is 79.1 cm³/mol. The number of hydrogen-bond acceptors (Lipinski definition) is 3. The maximum atomic E-state index is 12.0. The van der Waals surface area contributed by atoms with Crippen LogP contribution in [0.3, 0.4) is 0 Å². The molecule has 0 heterocycles. The summed E-state index contributed by atoms with van der Waals surface area (Å²) in [4.78, 5) is 14.4. The smallest absolute Gasteiger partial charge is 0.251 e. The minimum absolute atomic E-state index is 0.0574. The number of nitrogens with two attached hydrogens (primary N) is 1. The predicted octanol–water partition coefficient (Wildman–Crippen LogP) is 1.55. The van der Waals surface area contributed by atoms with Crippen molar-refractivity contribution in [3.63, 3.8) is 0 Å². The molecule has 0 saturated carbocycles. The van der Waals surface area contributed by atoms with Crippen LogP contribution in [0.5, 0.6) is 0 Å². The second kappa shape index (κ2) is 6.35. The highest BCUT2D eigenvalue weighted by atomic mass is 32.1. The summed E-state index contributed by atoms with van der Waals surface area (Å²) in [6, 6.07) is 7.40. The quantitative estimate of drug-likeness (QED) is 0.793. The molecule has 4 nitrogen and oxygen atoms in total. The van der Waals surface area contributed by atoms with Crippen LogP contribution >= 0.6 is 12.2 Å². The van der Waals surface area contributed by atoms with Gasteiger partial charge >= 0.3 is 0 Å². The zero-order valence-corrected chi connectivity index (χ0v) is 11.8. The Bertz CT molecular complexity index is 446. The van der Waals surface area contributed by atoms with Crippen LogP contribution in [0.25, 0.3) is 0 Å². The van der Waals surface area contributed by atoms with E-state index in [1.807, 2.05) is 44.1 Å². The van der Waals surface area contributed by atoms with Gasteiger partial charge in [0.2, 0.25) is 0 Å². The van der Waals surface area contributed by atoms with Crippen LogP contribution in [0.15, 0.2) is 24.3 Å². The Balaban J connectivity index is 2.72. The molecule has 0 radical (unpaired) electrons. The second-order valence-electron chi connectivity index (χ2n) is 4.49. The lowest BCUT2D eigenvalue weighted by Crippen LogP contribution is -2.35. The Morgan fingerprint density at radius 3 is 2.72 bits per heavy atom. The molecule has 0 aliphatic rings. The first-order chi connectivity index (χ1) is 8.40. The summed E-state index contributed by atoms with van der Waals surface area (Å²) in [5.41, 5.74) is 7.07.